The molecule has 1 N–H and O–H groups in total. The Hall–Kier alpha value is -0.890. The third kappa shape index (κ3) is 2.78. The van der Waals surface area contributed by atoms with E-state index in [9.17, 15) is 9.90 Å². The summed E-state index contributed by atoms with van der Waals surface area (Å²) in [5, 5.41) is 10.00. The summed E-state index contributed by atoms with van der Waals surface area (Å²) in [6.45, 7) is 7.60. The molecular formula is C13H20O2. The van der Waals surface area contributed by atoms with Crippen molar-refractivity contribution in [2.24, 2.45) is 17.8 Å². The van der Waals surface area contributed by atoms with E-state index in [4.69, 9.17) is 0 Å². The van der Waals surface area contributed by atoms with Gasteiger partial charge in [0.1, 0.15) is 5.78 Å². The van der Waals surface area contributed by atoms with Crippen LogP contribution in [0.25, 0.3) is 0 Å². The molecule has 1 aliphatic rings. The summed E-state index contributed by atoms with van der Waals surface area (Å²) in [7, 11) is 0. The fourth-order valence-corrected chi connectivity index (χ4v) is 2.15. The molecule has 0 aromatic rings. The number of aliphatic hydroxyl groups excluding tert-OH is 1. The molecule has 0 aromatic carbocycles. The van der Waals surface area contributed by atoms with Crippen molar-refractivity contribution in [2.45, 2.75) is 32.8 Å². The first-order valence-electron chi connectivity index (χ1n) is 5.56. The van der Waals surface area contributed by atoms with Gasteiger partial charge in [0.2, 0.25) is 0 Å². The fourth-order valence-electron chi connectivity index (χ4n) is 2.15. The minimum atomic E-state index is -0.490. The van der Waals surface area contributed by atoms with Gasteiger partial charge in [0.25, 0.3) is 0 Å². The molecule has 1 rings (SSSR count). The second kappa shape index (κ2) is 5.26. The highest BCUT2D eigenvalue weighted by Crippen LogP contribution is 2.36. The standard InChI is InChI=1S/C13H20O2/c1-4-5-6-7-9(2)13(15)12-10(3)8-11(12)14/h4-6,9-10,12-13,15H,1,7-8H2,2-3H3/b6-5+. The molecule has 84 valence electrons. The Morgan fingerprint density at radius 2 is 2.33 bits per heavy atom. The summed E-state index contributed by atoms with van der Waals surface area (Å²) >= 11 is 0. The molecule has 1 aliphatic carbocycles. The Balaban J connectivity index is 2.44. The second-order valence-corrected chi connectivity index (χ2v) is 4.54. The zero-order valence-electron chi connectivity index (χ0n) is 9.52. The minimum absolute atomic E-state index is 0.128. The number of rotatable bonds is 5. The van der Waals surface area contributed by atoms with E-state index in [1.54, 1.807) is 6.08 Å². The number of hydrogen-bond donors (Lipinski definition) is 1. The predicted octanol–water partition coefficient (Wildman–Crippen LogP) is 2.34. The minimum Gasteiger partial charge on any atom is -0.392 e. The molecule has 1 fully saturated rings. The highest BCUT2D eigenvalue weighted by Gasteiger charge is 2.42. The summed E-state index contributed by atoms with van der Waals surface area (Å²) < 4.78 is 0. The van der Waals surface area contributed by atoms with Crippen molar-refractivity contribution in [3.8, 4) is 0 Å². The van der Waals surface area contributed by atoms with E-state index < -0.39 is 6.10 Å². The average Bonchev–Trinajstić information content (AvgIpc) is 2.17. The van der Waals surface area contributed by atoms with Gasteiger partial charge in [-0.25, -0.2) is 0 Å². The topological polar surface area (TPSA) is 37.3 Å². The third-order valence-electron chi connectivity index (χ3n) is 3.24. The number of allylic oxidation sites excluding steroid dienone is 3. The van der Waals surface area contributed by atoms with Gasteiger partial charge in [-0.3, -0.25) is 4.79 Å². The monoisotopic (exact) mass is 208 g/mol. The maximum atomic E-state index is 11.3. The lowest BCUT2D eigenvalue weighted by Gasteiger charge is -2.38. The van der Waals surface area contributed by atoms with E-state index in [0.717, 1.165) is 6.42 Å². The van der Waals surface area contributed by atoms with Crippen LogP contribution in [0.4, 0.5) is 0 Å². The highest BCUT2D eigenvalue weighted by atomic mass is 16.3. The molecule has 0 aromatic heterocycles. The van der Waals surface area contributed by atoms with Crippen LogP contribution in [0.15, 0.2) is 24.8 Å². The van der Waals surface area contributed by atoms with Crippen molar-refractivity contribution in [3.63, 3.8) is 0 Å². The van der Waals surface area contributed by atoms with Crippen LogP contribution in [0.5, 0.6) is 0 Å². The molecule has 0 amide bonds. The van der Waals surface area contributed by atoms with Crippen molar-refractivity contribution in [2.75, 3.05) is 0 Å². The highest BCUT2D eigenvalue weighted by molar-refractivity contribution is 5.87. The molecule has 4 atom stereocenters. The zero-order valence-corrected chi connectivity index (χ0v) is 9.52. The molecule has 0 heterocycles. The Bertz CT molecular complexity index is 268. The van der Waals surface area contributed by atoms with Gasteiger partial charge in [-0.2, -0.15) is 0 Å². The van der Waals surface area contributed by atoms with E-state index in [2.05, 4.69) is 6.58 Å². The first-order chi connectivity index (χ1) is 7.07. The summed E-state index contributed by atoms with van der Waals surface area (Å²) in [6, 6.07) is 0. The maximum Gasteiger partial charge on any atom is 0.139 e. The van der Waals surface area contributed by atoms with Crippen LogP contribution in [0.3, 0.4) is 0 Å². The van der Waals surface area contributed by atoms with Crippen LogP contribution in [0.2, 0.25) is 0 Å². The quantitative estimate of drug-likeness (QED) is 0.704. The van der Waals surface area contributed by atoms with Crippen molar-refractivity contribution in [3.05, 3.63) is 24.8 Å². The number of hydrogen-bond acceptors (Lipinski definition) is 2. The molecule has 1 saturated carbocycles. The second-order valence-electron chi connectivity index (χ2n) is 4.54. The van der Waals surface area contributed by atoms with Crippen LogP contribution in [0.1, 0.15) is 26.7 Å². The Labute approximate surface area is 91.7 Å². The number of ketones is 1. The normalized spacial score (nSPS) is 29.9. The van der Waals surface area contributed by atoms with E-state index in [1.807, 2.05) is 26.0 Å². The van der Waals surface area contributed by atoms with Crippen molar-refractivity contribution in [1.82, 2.24) is 0 Å². The van der Waals surface area contributed by atoms with Crippen molar-refractivity contribution in [1.29, 1.82) is 0 Å². The van der Waals surface area contributed by atoms with E-state index in [0.29, 0.717) is 12.3 Å². The van der Waals surface area contributed by atoms with Gasteiger partial charge in [-0.1, -0.05) is 38.7 Å². The number of aliphatic hydroxyl groups is 1. The first-order valence-corrected chi connectivity index (χ1v) is 5.56. The summed E-state index contributed by atoms with van der Waals surface area (Å²) in [6.07, 6.45) is 6.51. The SMILES string of the molecule is C=C/C=C/CC(C)C(O)C1C(=O)CC1C. The molecule has 0 saturated heterocycles. The van der Waals surface area contributed by atoms with Gasteiger partial charge in [0, 0.05) is 12.3 Å². The van der Waals surface area contributed by atoms with Gasteiger partial charge in [0.05, 0.1) is 6.10 Å². The van der Waals surface area contributed by atoms with Crippen LogP contribution < -0.4 is 0 Å². The van der Waals surface area contributed by atoms with Gasteiger partial charge >= 0.3 is 0 Å². The van der Waals surface area contributed by atoms with E-state index in [1.165, 1.54) is 0 Å². The smallest absolute Gasteiger partial charge is 0.139 e. The summed E-state index contributed by atoms with van der Waals surface area (Å²) in [4.78, 5) is 11.3. The third-order valence-corrected chi connectivity index (χ3v) is 3.24. The molecule has 15 heavy (non-hydrogen) atoms. The van der Waals surface area contributed by atoms with Crippen LogP contribution >= 0.6 is 0 Å². The maximum absolute atomic E-state index is 11.3. The van der Waals surface area contributed by atoms with Gasteiger partial charge in [-0.05, 0) is 18.3 Å². The molecule has 0 radical (unpaired) electrons. The average molecular weight is 208 g/mol. The lowest BCUT2D eigenvalue weighted by molar-refractivity contribution is -0.142. The largest absolute Gasteiger partial charge is 0.392 e. The van der Waals surface area contributed by atoms with Gasteiger partial charge in [-0.15, -0.1) is 0 Å². The number of Topliss-reactive ketones (excluding diaryl/α,β-unsaturated/α-hetero) is 1. The Morgan fingerprint density at radius 1 is 1.67 bits per heavy atom. The van der Waals surface area contributed by atoms with Crippen molar-refractivity contribution >= 4 is 5.78 Å². The summed E-state index contributed by atoms with van der Waals surface area (Å²) in [5.74, 6) is 0.572. The van der Waals surface area contributed by atoms with Crippen molar-refractivity contribution < 1.29 is 9.90 Å². The Morgan fingerprint density at radius 3 is 2.80 bits per heavy atom. The molecule has 0 aliphatic heterocycles. The molecule has 2 heteroatoms. The first kappa shape index (κ1) is 12.2. The van der Waals surface area contributed by atoms with Gasteiger partial charge in [0.15, 0.2) is 0 Å². The lowest BCUT2D eigenvalue weighted by atomic mass is 9.67. The molecule has 2 nitrogen and oxygen atoms in total. The van der Waals surface area contributed by atoms with Crippen LogP contribution in [-0.2, 0) is 4.79 Å². The molecule has 0 spiro atoms. The van der Waals surface area contributed by atoms with E-state index >= 15 is 0 Å². The number of carbonyl (C=O) groups excluding carboxylic acids is 1. The van der Waals surface area contributed by atoms with Crippen LogP contribution in [-0.4, -0.2) is 17.0 Å². The van der Waals surface area contributed by atoms with Gasteiger partial charge < -0.3 is 5.11 Å². The lowest BCUT2D eigenvalue weighted by Crippen LogP contribution is -2.46. The molecule has 0 bridgehead atoms. The number of carbonyl (C=O) groups is 1. The summed E-state index contributed by atoms with van der Waals surface area (Å²) in [5.41, 5.74) is 0. The van der Waals surface area contributed by atoms with Crippen LogP contribution in [0, 0.1) is 17.8 Å². The molecule has 4 unspecified atom stereocenters. The Kier molecular flexibility index (Phi) is 4.28. The predicted molar refractivity (Wildman–Crippen MR) is 61.4 cm³/mol. The zero-order chi connectivity index (χ0) is 11.4. The molecular weight excluding hydrogens is 188 g/mol. The van der Waals surface area contributed by atoms with E-state index in [-0.39, 0.29) is 17.6 Å². The fraction of sp³-hybridized carbons (Fsp3) is 0.615.